The predicted molar refractivity (Wildman–Crippen MR) is 82.0 cm³/mol. The van der Waals surface area contributed by atoms with Crippen molar-refractivity contribution in [2.45, 2.75) is 26.3 Å². The van der Waals surface area contributed by atoms with Crippen molar-refractivity contribution in [3.63, 3.8) is 0 Å². The van der Waals surface area contributed by atoms with E-state index < -0.39 is 0 Å². The normalized spacial score (nSPS) is 12.0. The third-order valence-electron chi connectivity index (χ3n) is 3.29. The molecule has 3 N–H and O–H groups in total. The smallest absolute Gasteiger partial charge is 0.253 e. The Hall–Kier alpha value is -2.27. The molecule has 0 radical (unpaired) electrons. The first-order chi connectivity index (χ1) is 10.1. The number of carbonyl (C=O) groups excluding carboxylic acids is 1. The Morgan fingerprint density at radius 2 is 1.95 bits per heavy atom. The number of rotatable bonds is 5. The lowest BCUT2D eigenvalue weighted by molar-refractivity contribution is 0.0936. The second kappa shape index (κ2) is 6.95. The standard InChI is InChI=1S/C16H20N4O/c1-11-8-15(12(2)20-19-11)16(21)18-14(10-17)9-13-6-4-3-5-7-13/h3-8,14H,9-10,17H2,1-2H3,(H,18,21). The summed E-state index contributed by atoms with van der Waals surface area (Å²) >= 11 is 0. The summed E-state index contributed by atoms with van der Waals surface area (Å²) in [6.07, 6.45) is 0.708. The van der Waals surface area contributed by atoms with Gasteiger partial charge in [-0.1, -0.05) is 30.3 Å². The molecular weight excluding hydrogens is 264 g/mol. The fourth-order valence-electron chi connectivity index (χ4n) is 2.13. The highest BCUT2D eigenvalue weighted by molar-refractivity contribution is 5.95. The van der Waals surface area contributed by atoms with Crippen LogP contribution in [-0.4, -0.2) is 28.7 Å². The van der Waals surface area contributed by atoms with Crippen LogP contribution in [0, 0.1) is 13.8 Å². The first kappa shape index (κ1) is 15.1. The Balaban J connectivity index is 2.07. The van der Waals surface area contributed by atoms with Gasteiger partial charge in [0.1, 0.15) is 0 Å². The number of nitrogens with two attached hydrogens (primary N) is 1. The second-order valence-electron chi connectivity index (χ2n) is 5.08. The lowest BCUT2D eigenvalue weighted by Gasteiger charge is -2.17. The monoisotopic (exact) mass is 284 g/mol. The van der Waals surface area contributed by atoms with Crippen molar-refractivity contribution in [3.8, 4) is 0 Å². The molecule has 21 heavy (non-hydrogen) atoms. The molecule has 110 valence electrons. The van der Waals surface area contributed by atoms with Crippen LogP contribution in [0.15, 0.2) is 36.4 Å². The number of aromatic nitrogens is 2. The van der Waals surface area contributed by atoms with E-state index in [1.807, 2.05) is 37.3 Å². The van der Waals surface area contributed by atoms with E-state index in [9.17, 15) is 4.79 Å². The van der Waals surface area contributed by atoms with E-state index in [4.69, 9.17) is 5.73 Å². The fraction of sp³-hybridized carbons (Fsp3) is 0.312. The van der Waals surface area contributed by atoms with Gasteiger partial charge in [0, 0.05) is 12.6 Å². The molecule has 0 saturated heterocycles. The SMILES string of the molecule is Cc1cc(C(=O)NC(CN)Cc2ccccc2)c(C)nn1. The van der Waals surface area contributed by atoms with Gasteiger partial charge in [0.25, 0.3) is 5.91 Å². The molecule has 1 heterocycles. The van der Waals surface area contributed by atoms with Crippen molar-refractivity contribution in [2.24, 2.45) is 5.73 Å². The van der Waals surface area contributed by atoms with Crippen molar-refractivity contribution >= 4 is 5.91 Å². The van der Waals surface area contributed by atoms with Gasteiger partial charge in [-0.15, -0.1) is 0 Å². The molecule has 0 saturated carbocycles. The predicted octanol–water partition coefficient (Wildman–Crippen LogP) is 1.39. The van der Waals surface area contributed by atoms with Crippen LogP contribution < -0.4 is 11.1 Å². The van der Waals surface area contributed by atoms with E-state index in [1.54, 1.807) is 13.0 Å². The number of carbonyl (C=O) groups is 1. The summed E-state index contributed by atoms with van der Waals surface area (Å²) in [4.78, 5) is 12.3. The summed E-state index contributed by atoms with van der Waals surface area (Å²) in [5, 5.41) is 10.9. The molecule has 1 amide bonds. The van der Waals surface area contributed by atoms with E-state index >= 15 is 0 Å². The van der Waals surface area contributed by atoms with Crippen LogP contribution >= 0.6 is 0 Å². The van der Waals surface area contributed by atoms with E-state index in [2.05, 4.69) is 15.5 Å². The molecule has 0 bridgehead atoms. The summed E-state index contributed by atoms with van der Waals surface area (Å²) < 4.78 is 0. The highest BCUT2D eigenvalue weighted by Gasteiger charge is 2.16. The minimum absolute atomic E-state index is 0.104. The molecule has 0 aliphatic carbocycles. The molecule has 0 fully saturated rings. The maximum absolute atomic E-state index is 12.3. The minimum atomic E-state index is -0.156. The number of aryl methyl sites for hydroxylation is 2. The van der Waals surface area contributed by atoms with Crippen molar-refractivity contribution in [1.29, 1.82) is 0 Å². The quantitative estimate of drug-likeness (QED) is 0.869. The summed E-state index contributed by atoms with van der Waals surface area (Å²) in [6, 6.07) is 11.6. The number of nitrogens with zero attached hydrogens (tertiary/aromatic N) is 2. The van der Waals surface area contributed by atoms with Gasteiger partial charge < -0.3 is 11.1 Å². The molecule has 0 aliphatic rings. The Bertz CT molecular complexity index is 613. The van der Waals surface area contributed by atoms with Crippen molar-refractivity contribution in [2.75, 3.05) is 6.54 Å². The maximum atomic E-state index is 12.3. The third-order valence-corrected chi connectivity index (χ3v) is 3.29. The molecule has 1 aromatic carbocycles. The first-order valence-corrected chi connectivity index (χ1v) is 6.96. The molecule has 2 rings (SSSR count). The fourth-order valence-corrected chi connectivity index (χ4v) is 2.13. The molecule has 1 aromatic heterocycles. The summed E-state index contributed by atoms with van der Waals surface area (Å²) in [7, 11) is 0. The van der Waals surface area contributed by atoms with Gasteiger partial charge in [0.2, 0.25) is 0 Å². The molecule has 1 unspecified atom stereocenters. The largest absolute Gasteiger partial charge is 0.348 e. The van der Waals surface area contributed by atoms with E-state index in [0.29, 0.717) is 24.2 Å². The zero-order valence-electron chi connectivity index (χ0n) is 12.3. The Kier molecular flexibility index (Phi) is 5.00. The number of benzene rings is 1. The summed E-state index contributed by atoms with van der Waals surface area (Å²) in [5.74, 6) is -0.156. The van der Waals surface area contributed by atoms with Gasteiger partial charge in [-0.3, -0.25) is 4.79 Å². The first-order valence-electron chi connectivity index (χ1n) is 6.96. The zero-order chi connectivity index (χ0) is 15.2. The molecule has 5 nitrogen and oxygen atoms in total. The minimum Gasteiger partial charge on any atom is -0.348 e. The van der Waals surface area contributed by atoms with E-state index in [0.717, 1.165) is 11.3 Å². The van der Waals surface area contributed by atoms with Crippen molar-refractivity contribution in [3.05, 3.63) is 58.9 Å². The Morgan fingerprint density at radius 3 is 2.62 bits per heavy atom. The van der Waals surface area contributed by atoms with Crippen LogP contribution in [-0.2, 0) is 6.42 Å². The maximum Gasteiger partial charge on any atom is 0.253 e. The van der Waals surface area contributed by atoms with E-state index in [1.165, 1.54) is 0 Å². The summed E-state index contributed by atoms with van der Waals surface area (Å²) in [5.41, 5.74) is 8.81. The van der Waals surface area contributed by atoms with Gasteiger partial charge >= 0.3 is 0 Å². The molecular formula is C16H20N4O. The molecule has 0 spiro atoms. The average Bonchev–Trinajstić information content (AvgIpc) is 2.50. The molecule has 1 atom stereocenters. The molecule has 5 heteroatoms. The highest BCUT2D eigenvalue weighted by atomic mass is 16.1. The lowest BCUT2D eigenvalue weighted by Crippen LogP contribution is -2.42. The lowest BCUT2D eigenvalue weighted by atomic mass is 10.1. The molecule has 2 aromatic rings. The van der Waals surface area contributed by atoms with Gasteiger partial charge in [-0.05, 0) is 31.9 Å². The topological polar surface area (TPSA) is 80.9 Å². The summed E-state index contributed by atoms with van der Waals surface area (Å²) in [6.45, 7) is 3.97. The van der Waals surface area contributed by atoms with Crippen LogP contribution in [0.4, 0.5) is 0 Å². The van der Waals surface area contributed by atoms with Crippen LogP contribution in [0.2, 0.25) is 0 Å². The number of nitrogens with one attached hydrogen (secondary N) is 1. The highest BCUT2D eigenvalue weighted by Crippen LogP contribution is 2.07. The number of hydrogen-bond donors (Lipinski definition) is 2. The number of amides is 1. The van der Waals surface area contributed by atoms with Crippen LogP contribution in [0.3, 0.4) is 0 Å². The third kappa shape index (κ3) is 4.10. The second-order valence-corrected chi connectivity index (χ2v) is 5.08. The van der Waals surface area contributed by atoms with Crippen LogP contribution in [0.25, 0.3) is 0 Å². The van der Waals surface area contributed by atoms with E-state index in [-0.39, 0.29) is 11.9 Å². The number of hydrogen-bond acceptors (Lipinski definition) is 4. The Labute approximate surface area is 124 Å². The average molecular weight is 284 g/mol. The van der Waals surface area contributed by atoms with Crippen molar-refractivity contribution < 1.29 is 4.79 Å². The van der Waals surface area contributed by atoms with Crippen molar-refractivity contribution in [1.82, 2.24) is 15.5 Å². The Morgan fingerprint density at radius 1 is 1.24 bits per heavy atom. The van der Waals surface area contributed by atoms with Crippen LogP contribution in [0.1, 0.15) is 27.3 Å². The van der Waals surface area contributed by atoms with Crippen LogP contribution in [0.5, 0.6) is 0 Å². The van der Waals surface area contributed by atoms with Gasteiger partial charge in [0.05, 0.1) is 17.0 Å². The molecule has 0 aliphatic heterocycles. The van der Waals surface area contributed by atoms with Gasteiger partial charge in [-0.25, -0.2) is 0 Å². The zero-order valence-corrected chi connectivity index (χ0v) is 12.3. The van der Waals surface area contributed by atoms with Gasteiger partial charge in [-0.2, -0.15) is 10.2 Å². The van der Waals surface area contributed by atoms with Gasteiger partial charge in [0.15, 0.2) is 0 Å².